The summed E-state index contributed by atoms with van der Waals surface area (Å²) in [6, 6.07) is 0. The molecule has 0 aliphatic rings. The van der Waals surface area contributed by atoms with Crippen molar-refractivity contribution < 1.29 is 42.9 Å². The number of nitrogens with zero attached hydrogens (tertiary/aromatic N) is 1. The van der Waals surface area contributed by atoms with E-state index >= 15 is 0 Å². The number of carboxylic acids is 1. The van der Waals surface area contributed by atoms with Crippen LogP contribution in [0.1, 0.15) is 450 Å². The minimum absolute atomic E-state index is 0.177. The minimum Gasteiger partial charge on any atom is -0.477 e. The number of carboxylic acid groups (broad SMARTS) is 1. The van der Waals surface area contributed by atoms with Crippen molar-refractivity contribution in [2.75, 3.05) is 47.5 Å². The summed E-state index contributed by atoms with van der Waals surface area (Å²) >= 11 is 0. The fraction of sp³-hybridized carbons (Fsp3) is 0.840. The largest absolute Gasteiger partial charge is 0.477 e. The predicted octanol–water partition coefficient (Wildman–Crippen LogP) is 29.5. The van der Waals surface area contributed by atoms with Crippen LogP contribution in [0.3, 0.4) is 0 Å². The van der Waals surface area contributed by atoms with Gasteiger partial charge in [-0.2, -0.15) is 0 Å². The fourth-order valence-corrected chi connectivity index (χ4v) is 13.7. The number of ether oxygens (including phenoxy) is 4. The van der Waals surface area contributed by atoms with Gasteiger partial charge in [0.15, 0.2) is 6.10 Å². The Bertz CT molecular complexity index is 1930. The second-order valence-electron chi connectivity index (χ2n) is 31.9. The zero-order valence-electron chi connectivity index (χ0n) is 69.2. The molecule has 103 heavy (non-hydrogen) atoms. The molecule has 0 heterocycles. The normalized spacial score (nSPS) is 12.9. The Morgan fingerprint density at radius 1 is 0.301 bits per heavy atom. The Balaban J connectivity index is 3.91. The standard InChI is InChI=1S/C94H173NO8/c1-6-8-10-12-14-16-18-20-22-24-26-28-30-32-34-36-38-40-42-44-46-48-50-52-54-56-58-60-62-64-66-68-70-72-74-76-78-80-82-84-91(96)101-88-90(89-102-94(93(98)99)100-87-86-95(3,4)5)103-92(97)85-83-81-79-77-75-73-71-69-67-65-63-61-59-57-55-53-51-49-47-45-43-41-39-37-35-33-31-29-27-25-23-21-19-17-15-13-11-9-7-2/h9,11,15,17,21,23,27,29,33,35,39,41,90,94H,6-8,10,12-14,16,18-20,22,24-26,28,30-32,34,36-38,40,42-89H2,1-5H3/p+1/b11-9-,17-15-,23-21-,29-27-,35-33-,41-39-. The summed E-state index contributed by atoms with van der Waals surface area (Å²) < 4.78 is 23.1. The number of aliphatic carboxylic acids is 1. The highest BCUT2D eigenvalue weighted by Crippen LogP contribution is 2.21. The van der Waals surface area contributed by atoms with Crippen molar-refractivity contribution in [3.8, 4) is 0 Å². The summed E-state index contributed by atoms with van der Waals surface area (Å²) in [4.78, 5) is 37.8. The van der Waals surface area contributed by atoms with Gasteiger partial charge in [0, 0.05) is 12.8 Å². The van der Waals surface area contributed by atoms with E-state index < -0.39 is 18.4 Å². The number of hydrogen-bond donors (Lipinski definition) is 1. The van der Waals surface area contributed by atoms with Crippen LogP contribution in [0.25, 0.3) is 0 Å². The average Bonchev–Trinajstić information content (AvgIpc) is 0.985. The maximum atomic E-state index is 13.0. The van der Waals surface area contributed by atoms with Crippen molar-refractivity contribution in [3.63, 3.8) is 0 Å². The summed E-state index contributed by atoms with van der Waals surface area (Å²) in [6.45, 7) is 4.84. The van der Waals surface area contributed by atoms with Crippen molar-refractivity contribution in [3.05, 3.63) is 72.9 Å². The molecular weight excluding hydrogens is 1270 g/mol. The van der Waals surface area contributed by atoms with Gasteiger partial charge in [0.1, 0.15) is 13.2 Å². The van der Waals surface area contributed by atoms with Gasteiger partial charge < -0.3 is 28.5 Å². The van der Waals surface area contributed by atoms with Crippen LogP contribution in [0.4, 0.5) is 0 Å². The van der Waals surface area contributed by atoms with E-state index in [1.165, 1.54) is 347 Å². The Morgan fingerprint density at radius 3 is 0.825 bits per heavy atom. The molecule has 0 aromatic heterocycles. The monoisotopic (exact) mass is 1450 g/mol. The molecule has 0 aliphatic carbocycles. The Kier molecular flexibility index (Phi) is 81.7. The molecule has 0 aromatic rings. The molecule has 9 nitrogen and oxygen atoms in total. The maximum Gasteiger partial charge on any atom is 0.361 e. The smallest absolute Gasteiger partial charge is 0.361 e. The van der Waals surface area contributed by atoms with E-state index in [-0.39, 0.29) is 38.2 Å². The summed E-state index contributed by atoms with van der Waals surface area (Å²) in [5.74, 6) is -1.97. The van der Waals surface area contributed by atoms with E-state index in [4.69, 9.17) is 18.9 Å². The van der Waals surface area contributed by atoms with Gasteiger partial charge in [0.25, 0.3) is 6.29 Å². The van der Waals surface area contributed by atoms with E-state index in [1.54, 1.807) is 0 Å². The average molecular weight is 1450 g/mol. The molecule has 1 N–H and O–H groups in total. The summed E-state index contributed by atoms with van der Waals surface area (Å²) in [6.07, 6.45) is 113. The summed E-state index contributed by atoms with van der Waals surface area (Å²) in [7, 11) is 6.00. The first-order valence-electron chi connectivity index (χ1n) is 45.1. The number of allylic oxidation sites excluding steroid dienone is 12. The number of esters is 2. The van der Waals surface area contributed by atoms with E-state index in [2.05, 4.69) is 86.8 Å². The molecule has 602 valence electrons. The lowest BCUT2D eigenvalue weighted by Crippen LogP contribution is -2.40. The summed E-state index contributed by atoms with van der Waals surface area (Å²) in [5, 5.41) is 9.80. The number of hydrogen-bond acceptors (Lipinski definition) is 7. The molecule has 9 heteroatoms. The van der Waals surface area contributed by atoms with Crippen LogP contribution < -0.4 is 0 Å². The van der Waals surface area contributed by atoms with Crippen LogP contribution in [0.15, 0.2) is 72.9 Å². The van der Waals surface area contributed by atoms with Crippen LogP contribution in [0.2, 0.25) is 0 Å². The quantitative estimate of drug-likeness (QED) is 0.0211. The van der Waals surface area contributed by atoms with Gasteiger partial charge in [-0.05, 0) is 64.2 Å². The number of rotatable bonds is 85. The molecule has 0 saturated carbocycles. The second-order valence-corrected chi connectivity index (χ2v) is 31.9. The highest BCUT2D eigenvalue weighted by molar-refractivity contribution is 5.71. The van der Waals surface area contributed by atoms with Crippen LogP contribution in [-0.4, -0.2) is 87.4 Å². The molecule has 0 rings (SSSR count). The molecule has 0 saturated heterocycles. The lowest BCUT2D eigenvalue weighted by Gasteiger charge is -2.25. The highest BCUT2D eigenvalue weighted by atomic mass is 16.7. The molecule has 0 aromatic carbocycles. The van der Waals surface area contributed by atoms with Crippen molar-refractivity contribution in [2.24, 2.45) is 0 Å². The third-order valence-corrected chi connectivity index (χ3v) is 20.5. The Hall–Kier alpha value is -3.27. The molecule has 0 aliphatic heterocycles. The lowest BCUT2D eigenvalue weighted by molar-refractivity contribution is -0.870. The number of likely N-dealkylation sites (N-methyl/N-ethyl adjacent to an activating group) is 1. The highest BCUT2D eigenvalue weighted by Gasteiger charge is 2.25. The molecule has 0 bridgehead atoms. The first-order chi connectivity index (χ1) is 50.6. The van der Waals surface area contributed by atoms with Crippen LogP contribution in [0, 0.1) is 0 Å². The van der Waals surface area contributed by atoms with Crippen molar-refractivity contribution in [1.82, 2.24) is 0 Å². The van der Waals surface area contributed by atoms with Gasteiger partial charge >= 0.3 is 17.9 Å². The van der Waals surface area contributed by atoms with Crippen molar-refractivity contribution in [2.45, 2.75) is 463 Å². The van der Waals surface area contributed by atoms with Gasteiger partial charge in [-0.3, -0.25) is 9.59 Å². The van der Waals surface area contributed by atoms with E-state index in [0.717, 1.165) is 77.0 Å². The zero-order chi connectivity index (χ0) is 74.6. The van der Waals surface area contributed by atoms with Gasteiger partial charge in [-0.1, -0.05) is 446 Å². The van der Waals surface area contributed by atoms with Crippen LogP contribution in [-0.2, 0) is 33.3 Å². The molecule has 0 fully saturated rings. The van der Waals surface area contributed by atoms with Gasteiger partial charge in [-0.15, -0.1) is 0 Å². The first-order valence-corrected chi connectivity index (χ1v) is 45.1. The minimum atomic E-state index is -1.51. The first kappa shape index (κ1) is 99.7. The third kappa shape index (κ3) is 85.9. The number of quaternary nitrogens is 1. The maximum absolute atomic E-state index is 13.0. The third-order valence-electron chi connectivity index (χ3n) is 20.5. The topological polar surface area (TPSA) is 108 Å². The number of carbonyl (C=O) groups is 3. The SMILES string of the molecule is CC/C=C\C/C=C\C/C=C\C/C=C\C/C=C\C/C=C\CCCCCCCCCCCCCCCCCCCCCCC(=O)OC(COC(=O)CCCCCCCCCCCCCCCCCCCCCCCCCCCCCCCCCCCCCCCCC)COC(OCC[N+](C)(C)C)C(=O)O. The zero-order valence-corrected chi connectivity index (χ0v) is 69.2. The van der Waals surface area contributed by atoms with Gasteiger partial charge in [0.05, 0.1) is 34.4 Å². The molecule has 0 radical (unpaired) electrons. The molecule has 0 spiro atoms. The number of carbonyl (C=O) groups excluding carboxylic acids is 2. The van der Waals surface area contributed by atoms with Crippen molar-refractivity contribution >= 4 is 17.9 Å². The van der Waals surface area contributed by atoms with E-state index in [0.29, 0.717) is 17.4 Å². The van der Waals surface area contributed by atoms with Crippen LogP contribution in [0.5, 0.6) is 0 Å². The van der Waals surface area contributed by atoms with Crippen LogP contribution >= 0.6 is 0 Å². The fourth-order valence-electron chi connectivity index (χ4n) is 13.7. The van der Waals surface area contributed by atoms with Crippen molar-refractivity contribution in [1.29, 1.82) is 0 Å². The lowest BCUT2D eigenvalue weighted by atomic mass is 10.0. The van der Waals surface area contributed by atoms with Gasteiger partial charge in [-0.25, -0.2) is 4.79 Å². The Morgan fingerprint density at radius 2 is 0.553 bits per heavy atom. The second kappa shape index (κ2) is 84.4. The van der Waals surface area contributed by atoms with E-state index in [1.807, 2.05) is 21.1 Å². The predicted molar refractivity (Wildman–Crippen MR) is 447 cm³/mol. The molecular formula is C94H174NO8+. The van der Waals surface area contributed by atoms with Gasteiger partial charge in [0.2, 0.25) is 0 Å². The molecule has 2 atom stereocenters. The Labute approximate surface area is 640 Å². The number of unbranched alkanes of at least 4 members (excludes halogenated alkanes) is 58. The molecule has 0 amide bonds. The molecule has 2 unspecified atom stereocenters. The summed E-state index contributed by atoms with van der Waals surface area (Å²) in [5.41, 5.74) is 0. The van der Waals surface area contributed by atoms with E-state index in [9.17, 15) is 19.5 Å².